The fourth-order valence-electron chi connectivity index (χ4n) is 1.91. The van der Waals surface area contributed by atoms with E-state index >= 15 is 0 Å². The first-order valence-electron chi connectivity index (χ1n) is 5.72. The Balaban J connectivity index is 1.95. The Labute approximate surface area is 104 Å². The molecule has 1 aliphatic rings. The van der Waals surface area contributed by atoms with Crippen LogP contribution in [0.2, 0.25) is 0 Å². The molecule has 1 aromatic heterocycles. The third-order valence-electron chi connectivity index (χ3n) is 2.95. The van der Waals surface area contributed by atoms with Gasteiger partial charge in [0.05, 0.1) is 5.56 Å². The summed E-state index contributed by atoms with van der Waals surface area (Å²) in [5.74, 6) is -0.825. The largest absolute Gasteiger partial charge is 0.347 e. The number of likely N-dealkylation sites (N-methyl/N-ethyl adjacent to an activating group) is 1. The second-order valence-electron chi connectivity index (χ2n) is 4.35. The van der Waals surface area contributed by atoms with E-state index in [1.54, 1.807) is 11.9 Å². The first-order chi connectivity index (χ1) is 8.56. The number of nitrogens with zero attached hydrogens (tertiary/aromatic N) is 2. The number of amides is 2. The van der Waals surface area contributed by atoms with E-state index in [4.69, 9.17) is 0 Å². The maximum Gasteiger partial charge on any atom is 0.253 e. The molecule has 2 heterocycles. The lowest BCUT2D eigenvalue weighted by molar-refractivity contribution is -0.132. The standard InChI is InChI=1S/C12H14FN3O2/c1-16-7-9(3-5-11(16)17)15-12(18)8-2-4-10(13)14-6-8/h2,4,6,9H,3,5,7H2,1H3,(H,15,18). The zero-order valence-corrected chi connectivity index (χ0v) is 10.0. The Morgan fingerprint density at radius 1 is 1.56 bits per heavy atom. The number of carbonyl (C=O) groups is 2. The molecule has 2 rings (SSSR count). The average Bonchev–Trinajstić information content (AvgIpc) is 2.34. The van der Waals surface area contributed by atoms with Crippen LogP contribution >= 0.6 is 0 Å². The fraction of sp³-hybridized carbons (Fsp3) is 0.417. The Morgan fingerprint density at radius 2 is 2.33 bits per heavy atom. The number of carbonyl (C=O) groups excluding carboxylic acids is 2. The van der Waals surface area contributed by atoms with Gasteiger partial charge in [-0.05, 0) is 18.6 Å². The first-order valence-corrected chi connectivity index (χ1v) is 5.72. The molecule has 1 atom stereocenters. The molecule has 0 aliphatic carbocycles. The summed E-state index contributed by atoms with van der Waals surface area (Å²) in [4.78, 5) is 28.2. The minimum atomic E-state index is -0.616. The van der Waals surface area contributed by atoms with Gasteiger partial charge in [0.2, 0.25) is 11.9 Å². The molecule has 1 aromatic rings. The third-order valence-corrected chi connectivity index (χ3v) is 2.95. The molecule has 96 valence electrons. The number of aromatic nitrogens is 1. The van der Waals surface area contributed by atoms with Gasteiger partial charge in [-0.15, -0.1) is 0 Å². The van der Waals surface area contributed by atoms with Crippen LogP contribution in [-0.2, 0) is 4.79 Å². The van der Waals surface area contributed by atoms with E-state index in [9.17, 15) is 14.0 Å². The second-order valence-corrected chi connectivity index (χ2v) is 4.35. The fourth-order valence-corrected chi connectivity index (χ4v) is 1.91. The lowest BCUT2D eigenvalue weighted by Gasteiger charge is -2.30. The summed E-state index contributed by atoms with van der Waals surface area (Å²) in [6.45, 7) is 0.499. The number of likely N-dealkylation sites (tertiary alicyclic amines) is 1. The van der Waals surface area contributed by atoms with Crippen LogP contribution in [0.4, 0.5) is 4.39 Å². The summed E-state index contributed by atoms with van der Waals surface area (Å²) in [6.07, 6.45) is 2.26. The number of pyridine rings is 1. The van der Waals surface area contributed by atoms with E-state index in [2.05, 4.69) is 10.3 Å². The highest BCUT2D eigenvalue weighted by atomic mass is 19.1. The molecule has 2 amide bonds. The summed E-state index contributed by atoms with van der Waals surface area (Å²) in [5.41, 5.74) is 0.316. The van der Waals surface area contributed by atoms with Crippen molar-refractivity contribution in [1.82, 2.24) is 15.2 Å². The quantitative estimate of drug-likeness (QED) is 0.782. The Morgan fingerprint density at radius 3 is 2.94 bits per heavy atom. The van der Waals surface area contributed by atoms with Gasteiger partial charge in [-0.2, -0.15) is 4.39 Å². The van der Waals surface area contributed by atoms with Gasteiger partial charge in [-0.3, -0.25) is 9.59 Å². The Kier molecular flexibility index (Phi) is 3.55. The molecule has 0 spiro atoms. The summed E-state index contributed by atoms with van der Waals surface area (Å²) in [5, 5.41) is 2.81. The predicted octanol–water partition coefficient (Wildman–Crippen LogP) is 0.571. The monoisotopic (exact) mass is 251 g/mol. The summed E-state index contributed by atoms with van der Waals surface area (Å²) >= 11 is 0. The van der Waals surface area contributed by atoms with Crippen molar-refractivity contribution in [3.63, 3.8) is 0 Å². The van der Waals surface area contributed by atoms with Crippen molar-refractivity contribution in [1.29, 1.82) is 0 Å². The zero-order chi connectivity index (χ0) is 13.1. The van der Waals surface area contributed by atoms with Crippen LogP contribution in [0.1, 0.15) is 23.2 Å². The molecule has 0 bridgehead atoms. The van der Waals surface area contributed by atoms with Crippen LogP contribution < -0.4 is 5.32 Å². The Bertz CT molecular complexity index is 461. The van der Waals surface area contributed by atoms with E-state index in [-0.39, 0.29) is 17.9 Å². The zero-order valence-electron chi connectivity index (χ0n) is 10.0. The average molecular weight is 251 g/mol. The number of halogens is 1. The molecular formula is C12H14FN3O2. The molecule has 1 fully saturated rings. The number of rotatable bonds is 2. The van der Waals surface area contributed by atoms with E-state index in [0.29, 0.717) is 24.9 Å². The minimum Gasteiger partial charge on any atom is -0.347 e. The second kappa shape index (κ2) is 5.12. The topological polar surface area (TPSA) is 62.3 Å². The van der Waals surface area contributed by atoms with Crippen molar-refractivity contribution in [2.45, 2.75) is 18.9 Å². The van der Waals surface area contributed by atoms with Crippen LogP contribution in [0.25, 0.3) is 0 Å². The predicted molar refractivity (Wildman–Crippen MR) is 62.3 cm³/mol. The molecular weight excluding hydrogens is 237 g/mol. The molecule has 0 saturated carbocycles. The van der Waals surface area contributed by atoms with E-state index in [1.165, 1.54) is 12.3 Å². The van der Waals surface area contributed by atoms with Gasteiger partial charge in [0.25, 0.3) is 5.91 Å². The molecule has 18 heavy (non-hydrogen) atoms. The van der Waals surface area contributed by atoms with Gasteiger partial charge in [-0.1, -0.05) is 0 Å². The van der Waals surface area contributed by atoms with Gasteiger partial charge < -0.3 is 10.2 Å². The maximum absolute atomic E-state index is 12.6. The van der Waals surface area contributed by atoms with Crippen LogP contribution in [-0.4, -0.2) is 41.3 Å². The van der Waals surface area contributed by atoms with Crippen LogP contribution in [0.15, 0.2) is 18.3 Å². The van der Waals surface area contributed by atoms with Gasteiger partial charge in [0.1, 0.15) is 0 Å². The van der Waals surface area contributed by atoms with Crippen molar-refractivity contribution in [3.05, 3.63) is 29.8 Å². The van der Waals surface area contributed by atoms with Gasteiger partial charge >= 0.3 is 0 Å². The molecule has 1 N–H and O–H groups in total. The van der Waals surface area contributed by atoms with Crippen molar-refractivity contribution in [2.24, 2.45) is 0 Å². The highest BCUT2D eigenvalue weighted by Gasteiger charge is 2.24. The van der Waals surface area contributed by atoms with E-state index < -0.39 is 5.95 Å². The van der Waals surface area contributed by atoms with Gasteiger partial charge in [0.15, 0.2) is 0 Å². The molecule has 1 saturated heterocycles. The lowest BCUT2D eigenvalue weighted by atomic mass is 10.1. The maximum atomic E-state index is 12.6. The molecule has 5 nitrogen and oxygen atoms in total. The number of hydrogen-bond donors (Lipinski definition) is 1. The van der Waals surface area contributed by atoms with Gasteiger partial charge in [0, 0.05) is 32.3 Å². The third kappa shape index (κ3) is 2.82. The SMILES string of the molecule is CN1CC(NC(=O)c2ccc(F)nc2)CCC1=O. The summed E-state index contributed by atoms with van der Waals surface area (Å²) in [6, 6.07) is 2.46. The summed E-state index contributed by atoms with van der Waals surface area (Å²) < 4.78 is 12.6. The van der Waals surface area contributed by atoms with Crippen molar-refractivity contribution in [3.8, 4) is 0 Å². The molecule has 0 radical (unpaired) electrons. The number of nitrogens with one attached hydrogen (secondary N) is 1. The number of piperidine rings is 1. The van der Waals surface area contributed by atoms with Crippen molar-refractivity contribution in [2.75, 3.05) is 13.6 Å². The first kappa shape index (κ1) is 12.5. The van der Waals surface area contributed by atoms with Crippen molar-refractivity contribution >= 4 is 11.8 Å². The smallest absolute Gasteiger partial charge is 0.253 e. The van der Waals surface area contributed by atoms with Crippen LogP contribution in [0.3, 0.4) is 0 Å². The van der Waals surface area contributed by atoms with Crippen LogP contribution in [0.5, 0.6) is 0 Å². The van der Waals surface area contributed by atoms with Gasteiger partial charge in [-0.25, -0.2) is 4.98 Å². The van der Waals surface area contributed by atoms with E-state index in [1.807, 2.05) is 0 Å². The lowest BCUT2D eigenvalue weighted by Crippen LogP contribution is -2.48. The van der Waals surface area contributed by atoms with E-state index in [0.717, 1.165) is 6.07 Å². The normalized spacial score (nSPS) is 19.8. The Hall–Kier alpha value is -1.98. The molecule has 0 aromatic carbocycles. The molecule has 6 heteroatoms. The minimum absolute atomic E-state index is 0.0646. The highest BCUT2D eigenvalue weighted by Crippen LogP contribution is 2.10. The molecule has 1 unspecified atom stereocenters. The van der Waals surface area contributed by atoms with Crippen LogP contribution in [0, 0.1) is 5.95 Å². The van der Waals surface area contributed by atoms with Crippen molar-refractivity contribution < 1.29 is 14.0 Å². The summed E-state index contributed by atoms with van der Waals surface area (Å²) in [7, 11) is 1.71. The number of hydrogen-bond acceptors (Lipinski definition) is 3. The highest BCUT2D eigenvalue weighted by molar-refractivity contribution is 5.94. The molecule has 1 aliphatic heterocycles.